The number of carbonyl (C=O) groups is 2. The van der Waals surface area contributed by atoms with Gasteiger partial charge in [0.25, 0.3) is 11.5 Å². The van der Waals surface area contributed by atoms with Crippen LogP contribution >= 0.6 is 0 Å². The predicted octanol–water partition coefficient (Wildman–Crippen LogP) is 4.18. The number of aliphatic hydroxyl groups excluding tert-OH is 1. The first-order valence-corrected chi connectivity index (χ1v) is 10.2. The molecule has 4 rings (SSSR count). The van der Waals surface area contributed by atoms with Gasteiger partial charge in [-0.3, -0.25) is 24.6 Å². The number of pyridine rings is 1. The Balaban J connectivity index is 1.88. The number of hydrogen-bond donors (Lipinski definition) is 1. The zero-order valence-electron chi connectivity index (χ0n) is 17.8. The highest BCUT2D eigenvalue weighted by Gasteiger charge is 2.47. The molecular formula is C25H19N3O6. The molecule has 0 aliphatic carbocycles. The number of rotatable bonds is 7. The molecule has 0 unspecified atom stereocenters. The number of amides is 1. The number of nitrogens with zero attached hydrogens (tertiary/aromatic N) is 3. The quantitative estimate of drug-likeness (QED) is 0.141. The molecule has 9 nitrogen and oxygen atoms in total. The maximum Gasteiger partial charge on any atom is 0.301 e. The lowest BCUT2D eigenvalue weighted by Crippen LogP contribution is -2.30. The van der Waals surface area contributed by atoms with Crippen LogP contribution in [-0.4, -0.2) is 33.3 Å². The highest BCUT2D eigenvalue weighted by atomic mass is 16.6. The number of aromatic nitrogens is 1. The zero-order valence-corrected chi connectivity index (χ0v) is 17.8. The number of Topliss-reactive ketones (excluding diaryl/α,β-unsaturated/α-hetero) is 1. The summed E-state index contributed by atoms with van der Waals surface area (Å²) in [5.74, 6) is -1.54. The zero-order chi connectivity index (χ0) is 24.2. The molecule has 0 bridgehead atoms. The van der Waals surface area contributed by atoms with Crippen LogP contribution in [0.25, 0.3) is 5.76 Å². The molecule has 1 aromatic heterocycles. The van der Waals surface area contributed by atoms with Crippen molar-refractivity contribution in [3.05, 3.63) is 112 Å². The number of hydrogen-bond acceptors (Lipinski definition) is 7. The van der Waals surface area contributed by atoms with Crippen LogP contribution in [-0.2, 0) is 9.59 Å². The summed E-state index contributed by atoms with van der Waals surface area (Å²) in [5, 5.41) is 22.5. The first-order chi connectivity index (χ1) is 16.4. The van der Waals surface area contributed by atoms with E-state index in [-0.39, 0.29) is 28.2 Å². The predicted molar refractivity (Wildman–Crippen MR) is 124 cm³/mol. The van der Waals surface area contributed by atoms with Crippen molar-refractivity contribution in [3.8, 4) is 5.75 Å². The van der Waals surface area contributed by atoms with Gasteiger partial charge in [-0.15, -0.1) is 0 Å². The van der Waals surface area contributed by atoms with E-state index in [9.17, 15) is 24.8 Å². The van der Waals surface area contributed by atoms with E-state index in [1.165, 1.54) is 24.4 Å². The Labute approximate surface area is 194 Å². The molecule has 34 heavy (non-hydrogen) atoms. The third kappa shape index (κ3) is 4.14. The van der Waals surface area contributed by atoms with E-state index in [1.807, 2.05) is 0 Å². The fraction of sp³-hybridized carbons (Fsp3) is 0.0800. The average molecular weight is 457 g/mol. The van der Waals surface area contributed by atoms with E-state index in [4.69, 9.17) is 4.74 Å². The summed E-state index contributed by atoms with van der Waals surface area (Å²) < 4.78 is 5.44. The Morgan fingerprint density at radius 2 is 1.91 bits per heavy atom. The lowest BCUT2D eigenvalue weighted by atomic mass is 9.95. The van der Waals surface area contributed by atoms with Gasteiger partial charge in [0.1, 0.15) is 23.9 Å². The highest BCUT2D eigenvalue weighted by Crippen LogP contribution is 2.42. The van der Waals surface area contributed by atoms with Crippen molar-refractivity contribution in [2.24, 2.45) is 0 Å². The van der Waals surface area contributed by atoms with Crippen LogP contribution in [0.15, 0.2) is 91.2 Å². The number of ether oxygens (including phenoxy) is 1. The van der Waals surface area contributed by atoms with Gasteiger partial charge in [-0.25, -0.2) is 4.98 Å². The molecule has 1 aliphatic rings. The summed E-state index contributed by atoms with van der Waals surface area (Å²) in [6.45, 7) is 3.88. The number of aliphatic hydroxyl groups is 1. The Hall–Kier alpha value is -4.79. The van der Waals surface area contributed by atoms with Gasteiger partial charge in [-0.1, -0.05) is 30.9 Å². The van der Waals surface area contributed by atoms with E-state index < -0.39 is 28.4 Å². The molecule has 1 N–H and O–H groups in total. The van der Waals surface area contributed by atoms with Crippen LogP contribution in [0.2, 0.25) is 0 Å². The van der Waals surface area contributed by atoms with Gasteiger partial charge in [0.15, 0.2) is 0 Å². The molecule has 3 aromatic rings. The van der Waals surface area contributed by atoms with Crippen molar-refractivity contribution in [2.45, 2.75) is 6.04 Å². The molecule has 1 fully saturated rings. The summed E-state index contributed by atoms with van der Waals surface area (Å²) in [6.07, 6.45) is 3.05. The lowest BCUT2D eigenvalue weighted by molar-refractivity contribution is -0.384. The number of benzene rings is 2. The number of ketones is 1. The van der Waals surface area contributed by atoms with E-state index in [0.717, 1.165) is 4.90 Å². The third-order valence-corrected chi connectivity index (χ3v) is 5.23. The summed E-state index contributed by atoms with van der Waals surface area (Å²) in [7, 11) is 0. The maximum atomic E-state index is 13.1. The molecule has 0 spiro atoms. The van der Waals surface area contributed by atoms with E-state index >= 15 is 0 Å². The molecule has 1 amide bonds. The summed E-state index contributed by atoms with van der Waals surface area (Å²) in [4.78, 5) is 42.3. The third-order valence-electron chi connectivity index (χ3n) is 5.23. The fourth-order valence-corrected chi connectivity index (χ4v) is 3.71. The Morgan fingerprint density at radius 1 is 1.15 bits per heavy atom. The second kappa shape index (κ2) is 9.37. The molecule has 2 aromatic carbocycles. The number of nitro groups is 1. The second-order valence-corrected chi connectivity index (χ2v) is 7.33. The monoisotopic (exact) mass is 457 g/mol. The number of nitro benzene ring substituents is 1. The average Bonchev–Trinajstić information content (AvgIpc) is 3.13. The molecule has 0 saturated carbocycles. The van der Waals surface area contributed by atoms with E-state index in [1.54, 1.807) is 54.6 Å². The number of non-ortho nitro benzene ring substituents is 1. The lowest BCUT2D eigenvalue weighted by Gasteiger charge is -2.24. The molecule has 0 radical (unpaired) electrons. The van der Waals surface area contributed by atoms with E-state index in [2.05, 4.69) is 11.6 Å². The molecule has 9 heteroatoms. The smallest absolute Gasteiger partial charge is 0.301 e. The summed E-state index contributed by atoms with van der Waals surface area (Å²) in [5.41, 5.74) is 0.149. The second-order valence-electron chi connectivity index (χ2n) is 7.33. The van der Waals surface area contributed by atoms with Gasteiger partial charge in [-0.05, 0) is 42.0 Å². The van der Waals surface area contributed by atoms with E-state index in [0.29, 0.717) is 12.4 Å². The highest BCUT2D eigenvalue weighted by molar-refractivity contribution is 6.51. The van der Waals surface area contributed by atoms with Crippen molar-refractivity contribution >= 4 is 29.0 Å². The SMILES string of the molecule is C=CCOc1ccc(/C(O)=C2\C(=O)C(=O)N(c3ccccn3)[C@@H]2c2cccc([N+](=O)[O-])c2)cc1. The minimum atomic E-state index is -1.12. The topological polar surface area (TPSA) is 123 Å². The molecule has 2 heterocycles. The molecule has 1 atom stereocenters. The summed E-state index contributed by atoms with van der Waals surface area (Å²) >= 11 is 0. The van der Waals surface area contributed by atoms with Gasteiger partial charge in [0.2, 0.25) is 0 Å². The number of anilines is 1. The number of carbonyl (C=O) groups excluding carboxylic acids is 2. The Bertz CT molecular complexity index is 1300. The first-order valence-electron chi connectivity index (χ1n) is 10.2. The maximum absolute atomic E-state index is 13.1. The molecular weight excluding hydrogens is 438 g/mol. The van der Waals surface area contributed by atoms with Gasteiger partial charge in [0, 0.05) is 23.9 Å². The van der Waals surface area contributed by atoms with Crippen molar-refractivity contribution in [3.63, 3.8) is 0 Å². The van der Waals surface area contributed by atoms with Gasteiger partial charge in [0.05, 0.1) is 16.5 Å². The normalized spacial score (nSPS) is 16.9. The minimum absolute atomic E-state index is 0.174. The van der Waals surface area contributed by atoms with Crippen LogP contribution in [0.1, 0.15) is 17.2 Å². The van der Waals surface area contributed by atoms with Gasteiger partial charge in [-0.2, -0.15) is 0 Å². The first kappa shape index (κ1) is 22.4. The molecule has 1 aliphatic heterocycles. The Morgan fingerprint density at radius 3 is 2.56 bits per heavy atom. The van der Waals surface area contributed by atoms with Crippen LogP contribution in [0, 0.1) is 10.1 Å². The van der Waals surface area contributed by atoms with Gasteiger partial charge < -0.3 is 9.84 Å². The van der Waals surface area contributed by atoms with Crippen LogP contribution in [0.3, 0.4) is 0 Å². The van der Waals surface area contributed by atoms with Gasteiger partial charge >= 0.3 is 5.91 Å². The van der Waals surface area contributed by atoms with Crippen molar-refractivity contribution in [2.75, 3.05) is 11.5 Å². The van der Waals surface area contributed by atoms with Crippen LogP contribution < -0.4 is 9.64 Å². The fourth-order valence-electron chi connectivity index (χ4n) is 3.71. The minimum Gasteiger partial charge on any atom is -0.507 e. The van der Waals surface area contributed by atoms with Crippen molar-refractivity contribution in [1.29, 1.82) is 0 Å². The van der Waals surface area contributed by atoms with Crippen LogP contribution in [0.5, 0.6) is 5.75 Å². The summed E-state index contributed by atoms with van der Waals surface area (Å²) in [6, 6.07) is 15.6. The Kier molecular flexibility index (Phi) is 6.18. The standard InChI is InChI=1S/C25H19N3O6/c1-2-14-34-19-11-9-16(10-12-19)23(29)21-22(17-6-5-7-18(15-17)28(32)33)27(25(31)24(21)30)20-8-3-4-13-26-20/h2-13,15,22,29H,1,14H2/b23-21+/t22-/m1/s1. The van der Waals surface area contributed by atoms with Crippen molar-refractivity contribution in [1.82, 2.24) is 4.98 Å². The largest absolute Gasteiger partial charge is 0.507 e. The molecule has 170 valence electrons. The van der Waals surface area contributed by atoms with Crippen LogP contribution in [0.4, 0.5) is 11.5 Å². The van der Waals surface area contributed by atoms with Crippen molar-refractivity contribution < 1.29 is 24.4 Å². The molecule has 1 saturated heterocycles.